The van der Waals surface area contributed by atoms with Gasteiger partial charge in [0.05, 0.1) is 25.5 Å². The molecule has 126 valence electrons. The summed E-state index contributed by atoms with van der Waals surface area (Å²) in [6.45, 7) is 4.93. The predicted octanol–water partition coefficient (Wildman–Crippen LogP) is 3.49. The SMILES string of the molecule is COc1ccc(-c2cnc(NCc3nccn3C(C)C)n2C)cc1. The van der Waals surface area contributed by atoms with Crippen LogP contribution in [-0.4, -0.2) is 26.2 Å². The van der Waals surface area contributed by atoms with E-state index in [4.69, 9.17) is 4.74 Å². The molecular weight excluding hydrogens is 302 g/mol. The lowest BCUT2D eigenvalue weighted by Gasteiger charge is -2.13. The van der Waals surface area contributed by atoms with Crippen molar-refractivity contribution in [3.8, 4) is 17.0 Å². The summed E-state index contributed by atoms with van der Waals surface area (Å²) < 4.78 is 9.41. The van der Waals surface area contributed by atoms with E-state index in [1.165, 1.54) is 0 Å². The monoisotopic (exact) mass is 325 g/mol. The second kappa shape index (κ2) is 6.78. The number of anilines is 1. The Morgan fingerprint density at radius 2 is 1.92 bits per heavy atom. The van der Waals surface area contributed by atoms with E-state index in [1.807, 2.05) is 54.5 Å². The van der Waals surface area contributed by atoms with E-state index >= 15 is 0 Å². The second-order valence-corrected chi connectivity index (χ2v) is 5.95. The number of aromatic nitrogens is 4. The minimum Gasteiger partial charge on any atom is -0.497 e. The van der Waals surface area contributed by atoms with Gasteiger partial charge in [0, 0.05) is 31.0 Å². The van der Waals surface area contributed by atoms with Crippen molar-refractivity contribution in [2.24, 2.45) is 7.05 Å². The van der Waals surface area contributed by atoms with Gasteiger partial charge in [0.2, 0.25) is 5.95 Å². The van der Waals surface area contributed by atoms with Gasteiger partial charge < -0.3 is 19.2 Å². The minimum atomic E-state index is 0.389. The van der Waals surface area contributed by atoms with Crippen LogP contribution < -0.4 is 10.1 Å². The first kappa shape index (κ1) is 16.1. The summed E-state index contributed by atoms with van der Waals surface area (Å²) in [5.74, 6) is 2.66. The highest BCUT2D eigenvalue weighted by molar-refractivity contribution is 5.62. The molecule has 3 aromatic rings. The van der Waals surface area contributed by atoms with E-state index in [0.717, 1.165) is 28.8 Å². The third kappa shape index (κ3) is 3.13. The van der Waals surface area contributed by atoms with E-state index in [-0.39, 0.29) is 0 Å². The van der Waals surface area contributed by atoms with Gasteiger partial charge in [0.15, 0.2) is 0 Å². The molecule has 0 radical (unpaired) electrons. The molecule has 0 unspecified atom stereocenters. The maximum Gasteiger partial charge on any atom is 0.203 e. The van der Waals surface area contributed by atoms with Crippen molar-refractivity contribution in [1.82, 2.24) is 19.1 Å². The maximum atomic E-state index is 5.21. The molecule has 0 bridgehead atoms. The van der Waals surface area contributed by atoms with Gasteiger partial charge in [-0.25, -0.2) is 9.97 Å². The molecule has 24 heavy (non-hydrogen) atoms. The Morgan fingerprint density at radius 1 is 1.17 bits per heavy atom. The Bertz CT molecular complexity index is 801. The van der Waals surface area contributed by atoms with Crippen LogP contribution in [0, 0.1) is 0 Å². The molecular formula is C18H23N5O. The van der Waals surface area contributed by atoms with Crippen LogP contribution in [-0.2, 0) is 13.6 Å². The van der Waals surface area contributed by atoms with Crippen LogP contribution in [0.25, 0.3) is 11.3 Å². The Labute approximate surface area is 142 Å². The first-order valence-electron chi connectivity index (χ1n) is 8.02. The van der Waals surface area contributed by atoms with Gasteiger partial charge in [-0.05, 0) is 38.1 Å². The van der Waals surface area contributed by atoms with Gasteiger partial charge in [-0.1, -0.05) is 0 Å². The highest BCUT2D eigenvalue weighted by Gasteiger charge is 2.10. The Hall–Kier alpha value is -2.76. The number of benzene rings is 1. The molecule has 0 fully saturated rings. The van der Waals surface area contributed by atoms with Gasteiger partial charge in [-0.3, -0.25) is 0 Å². The lowest BCUT2D eigenvalue weighted by molar-refractivity contribution is 0.415. The number of methoxy groups -OCH3 is 1. The minimum absolute atomic E-state index is 0.389. The van der Waals surface area contributed by atoms with E-state index in [9.17, 15) is 0 Å². The lowest BCUT2D eigenvalue weighted by atomic mass is 10.1. The van der Waals surface area contributed by atoms with Crippen LogP contribution in [0.4, 0.5) is 5.95 Å². The molecule has 6 heteroatoms. The van der Waals surface area contributed by atoms with Crippen molar-refractivity contribution in [3.05, 3.63) is 48.7 Å². The third-order valence-electron chi connectivity index (χ3n) is 4.08. The largest absolute Gasteiger partial charge is 0.497 e. The molecule has 1 aromatic carbocycles. The van der Waals surface area contributed by atoms with Crippen LogP contribution >= 0.6 is 0 Å². The average Bonchev–Trinajstić information content (AvgIpc) is 3.20. The highest BCUT2D eigenvalue weighted by atomic mass is 16.5. The molecule has 0 aliphatic heterocycles. The molecule has 1 N–H and O–H groups in total. The molecule has 0 amide bonds. The fraction of sp³-hybridized carbons (Fsp3) is 0.333. The van der Waals surface area contributed by atoms with E-state index in [1.54, 1.807) is 7.11 Å². The smallest absolute Gasteiger partial charge is 0.203 e. The van der Waals surface area contributed by atoms with Crippen molar-refractivity contribution < 1.29 is 4.74 Å². The summed E-state index contributed by atoms with van der Waals surface area (Å²) in [7, 11) is 3.67. The van der Waals surface area contributed by atoms with Crippen molar-refractivity contribution >= 4 is 5.95 Å². The van der Waals surface area contributed by atoms with Crippen LogP contribution in [0.5, 0.6) is 5.75 Å². The maximum absolute atomic E-state index is 5.21. The summed E-state index contributed by atoms with van der Waals surface area (Å²) in [5, 5.41) is 3.37. The Balaban J connectivity index is 1.76. The van der Waals surface area contributed by atoms with Gasteiger partial charge in [-0.15, -0.1) is 0 Å². The molecule has 0 atom stereocenters. The Kier molecular flexibility index (Phi) is 4.55. The molecule has 2 heterocycles. The standard InChI is InChI=1S/C18H23N5O/c1-13(2)23-10-9-19-17(23)12-21-18-20-11-16(22(18)3)14-5-7-15(24-4)8-6-14/h5-11,13H,12H2,1-4H3,(H,20,21). The van der Waals surface area contributed by atoms with Gasteiger partial charge >= 0.3 is 0 Å². The second-order valence-electron chi connectivity index (χ2n) is 5.95. The van der Waals surface area contributed by atoms with Gasteiger partial charge in [-0.2, -0.15) is 0 Å². The number of nitrogens with one attached hydrogen (secondary N) is 1. The average molecular weight is 325 g/mol. The van der Waals surface area contributed by atoms with Crippen molar-refractivity contribution in [3.63, 3.8) is 0 Å². The van der Waals surface area contributed by atoms with Gasteiger partial charge in [0.25, 0.3) is 0 Å². The summed E-state index contributed by atoms with van der Waals surface area (Å²) in [6.07, 6.45) is 5.71. The molecule has 6 nitrogen and oxygen atoms in total. The summed E-state index contributed by atoms with van der Waals surface area (Å²) in [5.41, 5.74) is 2.15. The molecule has 0 aliphatic carbocycles. The van der Waals surface area contributed by atoms with Crippen LogP contribution in [0.15, 0.2) is 42.9 Å². The third-order valence-corrected chi connectivity index (χ3v) is 4.08. The molecule has 2 aromatic heterocycles. The molecule has 0 saturated carbocycles. The summed E-state index contributed by atoms with van der Waals surface area (Å²) >= 11 is 0. The lowest BCUT2D eigenvalue weighted by Crippen LogP contribution is -2.12. The fourth-order valence-corrected chi connectivity index (χ4v) is 2.71. The number of hydrogen-bond acceptors (Lipinski definition) is 4. The van der Waals surface area contributed by atoms with E-state index < -0.39 is 0 Å². The zero-order chi connectivity index (χ0) is 17.1. The summed E-state index contributed by atoms with van der Waals surface area (Å²) in [6, 6.07) is 8.36. The number of hydrogen-bond donors (Lipinski definition) is 1. The number of rotatable bonds is 6. The number of ether oxygens (including phenoxy) is 1. The van der Waals surface area contributed by atoms with Crippen molar-refractivity contribution in [2.75, 3.05) is 12.4 Å². The fourth-order valence-electron chi connectivity index (χ4n) is 2.71. The molecule has 3 rings (SSSR count). The molecule has 0 aliphatic rings. The number of nitrogens with zero attached hydrogens (tertiary/aromatic N) is 4. The van der Waals surface area contributed by atoms with Crippen molar-refractivity contribution in [2.45, 2.75) is 26.4 Å². The first-order chi connectivity index (χ1) is 11.6. The predicted molar refractivity (Wildman–Crippen MR) is 95.1 cm³/mol. The molecule has 0 saturated heterocycles. The van der Waals surface area contributed by atoms with Crippen molar-refractivity contribution in [1.29, 1.82) is 0 Å². The van der Waals surface area contributed by atoms with Gasteiger partial charge in [0.1, 0.15) is 11.6 Å². The summed E-state index contributed by atoms with van der Waals surface area (Å²) in [4.78, 5) is 8.91. The Morgan fingerprint density at radius 3 is 2.58 bits per heavy atom. The quantitative estimate of drug-likeness (QED) is 0.754. The van der Waals surface area contributed by atoms with E-state index in [2.05, 4.69) is 33.7 Å². The van der Waals surface area contributed by atoms with Crippen LogP contribution in [0.2, 0.25) is 0 Å². The zero-order valence-electron chi connectivity index (χ0n) is 14.5. The first-order valence-corrected chi connectivity index (χ1v) is 8.02. The topological polar surface area (TPSA) is 56.9 Å². The highest BCUT2D eigenvalue weighted by Crippen LogP contribution is 2.24. The normalized spacial score (nSPS) is 11.0. The zero-order valence-corrected chi connectivity index (χ0v) is 14.5. The van der Waals surface area contributed by atoms with E-state index in [0.29, 0.717) is 12.6 Å². The molecule has 0 spiro atoms. The van der Waals surface area contributed by atoms with Crippen LogP contribution in [0.1, 0.15) is 25.7 Å². The van der Waals surface area contributed by atoms with Crippen LogP contribution in [0.3, 0.4) is 0 Å². The number of imidazole rings is 2.